The van der Waals surface area contributed by atoms with Gasteiger partial charge in [0.1, 0.15) is 0 Å². The van der Waals surface area contributed by atoms with E-state index in [0.717, 1.165) is 88.4 Å². The fraction of sp³-hybridized carbons (Fsp3) is 0.0167. The number of nitrogens with zero attached hydrogens (tertiary/aromatic N) is 5. The molecule has 12 aromatic rings. The summed E-state index contributed by atoms with van der Waals surface area (Å²) < 4.78 is 51.3. The number of hydrogen-bond acceptors (Lipinski definition) is 2. The predicted octanol–water partition coefficient (Wildman–Crippen LogP) is 16.6. The Kier molecular flexibility index (Phi) is 9.59. The Morgan fingerprint density at radius 1 is 0.382 bits per heavy atom. The summed E-state index contributed by atoms with van der Waals surface area (Å²) in [5.41, 5.74) is 11.3. The fourth-order valence-corrected chi connectivity index (χ4v) is 9.66. The Morgan fingerprint density at radius 3 is 1.32 bits per heavy atom. The summed E-state index contributed by atoms with van der Waals surface area (Å²) in [6.45, 7) is 7.73. The van der Waals surface area contributed by atoms with Crippen LogP contribution >= 0.6 is 0 Å². The van der Waals surface area contributed by atoms with E-state index in [0.29, 0.717) is 16.9 Å². The minimum atomic E-state index is -4.75. The van der Waals surface area contributed by atoms with E-state index in [2.05, 4.69) is 39.7 Å². The van der Waals surface area contributed by atoms with Gasteiger partial charge >= 0.3 is 6.18 Å². The van der Waals surface area contributed by atoms with E-state index >= 15 is 13.2 Å². The first-order chi connectivity index (χ1) is 33.3. The van der Waals surface area contributed by atoms with Crippen molar-refractivity contribution in [2.45, 2.75) is 6.18 Å². The zero-order valence-electron chi connectivity index (χ0n) is 36.2. The molecule has 68 heavy (non-hydrogen) atoms. The summed E-state index contributed by atoms with van der Waals surface area (Å²) in [6, 6.07) is 65.7. The first-order valence-corrected chi connectivity index (χ1v) is 22.1. The zero-order chi connectivity index (χ0) is 45.9. The van der Waals surface area contributed by atoms with Crippen LogP contribution in [0.25, 0.3) is 116 Å². The Hall–Kier alpha value is -9.06. The van der Waals surface area contributed by atoms with Crippen molar-refractivity contribution in [2.75, 3.05) is 0 Å². The third-order valence-electron chi connectivity index (χ3n) is 12.9. The Morgan fingerprint density at radius 2 is 0.838 bits per heavy atom. The number of fused-ring (bicyclic) bond motifs is 6. The summed E-state index contributed by atoms with van der Waals surface area (Å²) in [5, 5.41) is 3.66. The maximum absolute atomic E-state index is 15.8. The first-order valence-electron chi connectivity index (χ1n) is 22.1. The zero-order valence-corrected chi connectivity index (χ0v) is 36.2. The Bertz CT molecular complexity index is 3940. The molecule has 0 aliphatic rings. The average molecular weight is 884 g/mol. The van der Waals surface area contributed by atoms with Gasteiger partial charge in [-0.15, -0.1) is 0 Å². The lowest BCUT2D eigenvalue weighted by molar-refractivity contribution is -0.137. The molecule has 322 valence electrons. The van der Waals surface area contributed by atoms with Crippen LogP contribution in [0, 0.1) is 6.57 Å². The highest BCUT2D eigenvalue weighted by molar-refractivity contribution is 6.13. The van der Waals surface area contributed by atoms with E-state index in [1.54, 1.807) is 24.3 Å². The molecular weight excluding hydrogens is 848 g/mol. The molecule has 0 bridgehead atoms. The van der Waals surface area contributed by atoms with Gasteiger partial charge in [-0.25, -0.2) is 4.85 Å². The number of rotatable bonds is 7. The van der Waals surface area contributed by atoms with Crippen LogP contribution in [0.1, 0.15) is 5.56 Å². The molecule has 0 aliphatic carbocycles. The summed E-state index contributed by atoms with van der Waals surface area (Å²) >= 11 is 0. The minimum Gasteiger partial charge on any atom is -0.307 e. The van der Waals surface area contributed by atoms with Gasteiger partial charge in [0.05, 0.1) is 57.0 Å². The Labute approximate surface area is 389 Å². The molecule has 0 aliphatic heterocycles. The molecule has 12 rings (SSSR count). The van der Waals surface area contributed by atoms with Crippen LogP contribution < -0.4 is 0 Å². The minimum absolute atomic E-state index is 0.0246. The number of pyridine rings is 2. The molecule has 0 unspecified atom stereocenters. The van der Waals surface area contributed by atoms with Crippen molar-refractivity contribution in [1.29, 1.82) is 0 Å². The Balaban J connectivity index is 1.10. The summed E-state index contributed by atoms with van der Waals surface area (Å²) in [4.78, 5) is 13.2. The number of hydrogen-bond donors (Lipinski definition) is 0. The van der Waals surface area contributed by atoms with Crippen molar-refractivity contribution >= 4 is 49.3 Å². The highest BCUT2D eigenvalue weighted by atomic mass is 19.4. The van der Waals surface area contributed by atoms with Crippen LogP contribution in [0.5, 0.6) is 0 Å². The molecule has 0 amide bonds. The van der Waals surface area contributed by atoms with Gasteiger partial charge in [-0.3, -0.25) is 9.97 Å². The lowest BCUT2D eigenvalue weighted by Gasteiger charge is -2.22. The molecule has 5 nitrogen and oxygen atoms in total. The lowest BCUT2D eigenvalue weighted by Crippen LogP contribution is -2.12. The number of aromatic nitrogens is 4. The molecule has 8 aromatic carbocycles. The first kappa shape index (κ1) is 40.4. The van der Waals surface area contributed by atoms with Gasteiger partial charge in [0, 0.05) is 56.2 Å². The van der Waals surface area contributed by atoms with E-state index < -0.39 is 11.7 Å². The van der Waals surface area contributed by atoms with Crippen molar-refractivity contribution in [1.82, 2.24) is 19.1 Å². The molecule has 0 saturated heterocycles. The van der Waals surface area contributed by atoms with Crippen molar-refractivity contribution < 1.29 is 13.2 Å². The molecule has 0 radical (unpaired) electrons. The molecule has 4 aromatic heterocycles. The second-order valence-electron chi connectivity index (χ2n) is 16.8. The summed E-state index contributed by atoms with van der Waals surface area (Å²) in [5.74, 6) is 0. The van der Waals surface area contributed by atoms with Crippen LogP contribution in [-0.4, -0.2) is 19.1 Å². The molecule has 8 heteroatoms. The van der Waals surface area contributed by atoms with Gasteiger partial charge in [-0.2, -0.15) is 13.2 Å². The van der Waals surface area contributed by atoms with Crippen LogP contribution in [0.4, 0.5) is 18.9 Å². The molecule has 0 saturated carbocycles. The van der Waals surface area contributed by atoms with Crippen molar-refractivity contribution in [3.05, 3.63) is 236 Å². The molecule has 0 spiro atoms. The topological polar surface area (TPSA) is 40.0 Å². The number of alkyl halides is 3. The molecule has 0 atom stereocenters. The SMILES string of the molecule is [C-]#[N+]c1cccc(-c2cc(-n3c4ccccc4c4cc(-c5ccc(-c6ccccc6)nc5)ccc43)c(-n3c4ccccc4c4cc(-c5ccc(-c6ccccc6)nc5)ccc43)cc2C(F)(F)F)c1. The smallest absolute Gasteiger partial charge is 0.307 e. The normalized spacial score (nSPS) is 11.7. The quantitative estimate of drug-likeness (QED) is 0.150. The third-order valence-corrected chi connectivity index (χ3v) is 12.9. The van der Waals surface area contributed by atoms with E-state index in [1.807, 2.05) is 156 Å². The number of para-hydroxylation sites is 2. The van der Waals surface area contributed by atoms with Crippen LogP contribution in [0.3, 0.4) is 0 Å². The van der Waals surface area contributed by atoms with Gasteiger partial charge in [0.25, 0.3) is 0 Å². The second-order valence-corrected chi connectivity index (χ2v) is 16.8. The van der Waals surface area contributed by atoms with E-state index in [-0.39, 0.29) is 11.3 Å². The second kappa shape index (κ2) is 16.1. The van der Waals surface area contributed by atoms with Gasteiger partial charge < -0.3 is 9.13 Å². The van der Waals surface area contributed by atoms with E-state index in [4.69, 9.17) is 16.5 Å². The highest BCUT2D eigenvalue weighted by Crippen LogP contribution is 2.46. The standard InChI is InChI=1S/C60H36F3N5/c1-64-45-18-12-17-42(31-45)48-34-58(67-54-21-10-8-19-46(54)49-32-40(25-29-56(49)67)43-23-27-52(65-36-43)38-13-4-2-5-14-38)59(35-51(48)60(61,62)63)68-55-22-11-9-20-47(55)50-33-41(26-30-57(50)68)44-24-28-53(66-37-44)39-15-6-3-7-16-39/h2-37H. The maximum atomic E-state index is 15.8. The van der Waals surface area contributed by atoms with Crippen molar-refractivity contribution in [3.63, 3.8) is 0 Å². The summed E-state index contributed by atoms with van der Waals surface area (Å²) in [6.07, 6.45) is -1.01. The van der Waals surface area contributed by atoms with E-state index in [1.165, 1.54) is 12.1 Å². The number of benzene rings is 8. The lowest BCUT2D eigenvalue weighted by atomic mass is 9.96. The van der Waals surface area contributed by atoms with Gasteiger partial charge in [0.2, 0.25) is 0 Å². The highest BCUT2D eigenvalue weighted by Gasteiger charge is 2.36. The molecular formula is C60H36F3N5. The van der Waals surface area contributed by atoms with Gasteiger partial charge in [0.15, 0.2) is 5.69 Å². The fourth-order valence-electron chi connectivity index (χ4n) is 9.66. The molecule has 4 heterocycles. The largest absolute Gasteiger partial charge is 0.417 e. The maximum Gasteiger partial charge on any atom is 0.417 e. The van der Waals surface area contributed by atoms with Crippen LogP contribution in [-0.2, 0) is 6.18 Å². The van der Waals surface area contributed by atoms with Gasteiger partial charge in [-0.05, 0) is 89.0 Å². The monoisotopic (exact) mass is 883 g/mol. The average Bonchev–Trinajstić information content (AvgIpc) is 3.90. The predicted molar refractivity (Wildman–Crippen MR) is 269 cm³/mol. The van der Waals surface area contributed by atoms with Crippen molar-refractivity contribution in [2.24, 2.45) is 0 Å². The van der Waals surface area contributed by atoms with Crippen LogP contribution in [0.2, 0.25) is 0 Å². The van der Waals surface area contributed by atoms with Gasteiger partial charge in [-0.1, -0.05) is 140 Å². The third kappa shape index (κ3) is 6.88. The molecule has 0 fully saturated rings. The number of halogens is 3. The molecule has 0 N–H and O–H groups in total. The van der Waals surface area contributed by atoms with Crippen molar-refractivity contribution in [3.8, 4) is 67.3 Å². The van der Waals surface area contributed by atoms with Crippen LogP contribution in [0.15, 0.2) is 219 Å². The summed E-state index contributed by atoms with van der Waals surface area (Å²) in [7, 11) is 0. The van der Waals surface area contributed by atoms with E-state index in [9.17, 15) is 0 Å².